The van der Waals surface area contributed by atoms with Crippen molar-refractivity contribution in [3.63, 3.8) is 0 Å². The summed E-state index contributed by atoms with van der Waals surface area (Å²) in [6, 6.07) is 0. The first kappa shape index (κ1) is 23.1. The van der Waals surface area contributed by atoms with Gasteiger partial charge in [0.2, 0.25) is 0 Å². The minimum Gasteiger partial charge on any atom is -0.465 e. The highest BCUT2D eigenvalue weighted by molar-refractivity contribution is 5.74. The molecule has 4 aliphatic heterocycles. The maximum Gasteiger partial charge on any atom is 0.309 e. The quantitative estimate of drug-likeness (QED) is 0.367. The van der Waals surface area contributed by atoms with E-state index in [-0.39, 0.29) is 29.8 Å². The lowest BCUT2D eigenvalue weighted by Crippen LogP contribution is -2.78. The Balaban J connectivity index is 1.60. The van der Waals surface area contributed by atoms with Crippen molar-refractivity contribution in [2.45, 2.75) is 90.0 Å². The number of cyclic esters (lactones) is 1. The zero-order valence-corrected chi connectivity index (χ0v) is 19.7. The Morgan fingerprint density at radius 3 is 2.48 bits per heavy atom. The first-order chi connectivity index (χ1) is 15.5. The van der Waals surface area contributed by atoms with Crippen LogP contribution in [0.5, 0.6) is 0 Å². The number of esters is 3. The molecule has 0 aromatic heterocycles. The highest BCUT2D eigenvalue weighted by Crippen LogP contribution is 2.73. The monoisotopic (exact) mass is 466 g/mol. The van der Waals surface area contributed by atoms with Gasteiger partial charge in [0, 0.05) is 26.2 Å². The summed E-state index contributed by atoms with van der Waals surface area (Å²) in [4.78, 5) is 36.6. The summed E-state index contributed by atoms with van der Waals surface area (Å²) in [5.41, 5.74) is -2.18. The van der Waals surface area contributed by atoms with E-state index in [4.69, 9.17) is 23.7 Å². The van der Waals surface area contributed by atoms with Gasteiger partial charge in [0.15, 0.2) is 12.4 Å². The number of ether oxygens (including phenoxy) is 5. The van der Waals surface area contributed by atoms with Crippen LogP contribution in [0.1, 0.15) is 59.8 Å². The molecule has 1 N–H and O–H groups in total. The molecule has 0 aromatic rings. The van der Waals surface area contributed by atoms with Crippen molar-refractivity contribution in [3.05, 3.63) is 0 Å². The summed E-state index contributed by atoms with van der Waals surface area (Å²) in [5, 5.41) is 11.4. The Morgan fingerprint density at radius 1 is 1.21 bits per heavy atom. The van der Waals surface area contributed by atoms with E-state index in [9.17, 15) is 19.5 Å². The molecule has 2 saturated carbocycles. The summed E-state index contributed by atoms with van der Waals surface area (Å²) in [6.45, 7) is 7.70. The molecule has 2 spiro atoms. The second-order valence-electron chi connectivity index (χ2n) is 10.9. The van der Waals surface area contributed by atoms with Crippen LogP contribution in [0.25, 0.3) is 0 Å². The number of aliphatic hydroxyl groups is 1. The zero-order chi connectivity index (χ0) is 23.8. The van der Waals surface area contributed by atoms with Gasteiger partial charge in [0.25, 0.3) is 0 Å². The molecule has 6 fully saturated rings. The van der Waals surface area contributed by atoms with Gasteiger partial charge >= 0.3 is 17.9 Å². The second-order valence-corrected chi connectivity index (χ2v) is 10.9. The predicted octanol–water partition coefficient (Wildman–Crippen LogP) is 1.73. The smallest absolute Gasteiger partial charge is 0.309 e. The van der Waals surface area contributed by atoms with Crippen LogP contribution in [0.4, 0.5) is 0 Å². The van der Waals surface area contributed by atoms with E-state index in [2.05, 4.69) is 6.92 Å². The lowest BCUT2D eigenvalue weighted by Gasteiger charge is -2.69. The molecule has 0 aromatic carbocycles. The number of carbonyl (C=O) groups is 3. The highest BCUT2D eigenvalue weighted by atomic mass is 16.7. The molecule has 184 valence electrons. The van der Waals surface area contributed by atoms with Crippen LogP contribution in [0.2, 0.25) is 0 Å². The van der Waals surface area contributed by atoms with Crippen LogP contribution in [-0.4, -0.2) is 66.4 Å². The molecular formula is C24H34O9. The van der Waals surface area contributed by atoms with Crippen LogP contribution >= 0.6 is 0 Å². The average Bonchev–Trinajstić information content (AvgIpc) is 3.37. The van der Waals surface area contributed by atoms with E-state index < -0.39 is 46.9 Å². The highest BCUT2D eigenvalue weighted by Gasteiger charge is 2.83. The number of epoxide rings is 1. The molecule has 6 rings (SSSR count). The van der Waals surface area contributed by atoms with Crippen LogP contribution < -0.4 is 0 Å². The summed E-state index contributed by atoms with van der Waals surface area (Å²) < 4.78 is 28.9. The molecule has 0 unspecified atom stereocenters. The van der Waals surface area contributed by atoms with E-state index in [0.717, 1.165) is 0 Å². The number of aliphatic hydroxyl groups excluding tert-OH is 1. The van der Waals surface area contributed by atoms with Crippen LogP contribution in [0.3, 0.4) is 0 Å². The van der Waals surface area contributed by atoms with Gasteiger partial charge in [-0.2, -0.15) is 0 Å². The second kappa shape index (κ2) is 7.65. The fourth-order valence-electron chi connectivity index (χ4n) is 7.68. The summed E-state index contributed by atoms with van der Waals surface area (Å²) >= 11 is 0. The topological polar surface area (TPSA) is 121 Å². The Morgan fingerprint density at radius 2 is 1.91 bits per heavy atom. The van der Waals surface area contributed by atoms with Gasteiger partial charge in [-0.3, -0.25) is 14.4 Å². The van der Waals surface area contributed by atoms with E-state index >= 15 is 0 Å². The van der Waals surface area contributed by atoms with Crippen molar-refractivity contribution in [3.8, 4) is 0 Å². The van der Waals surface area contributed by atoms with Gasteiger partial charge in [-0.15, -0.1) is 0 Å². The summed E-state index contributed by atoms with van der Waals surface area (Å²) in [5.74, 6) is -1.62. The Kier molecular flexibility index (Phi) is 5.34. The molecule has 2 aliphatic carbocycles. The number of fused-ring (bicyclic) bond motifs is 1. The summed E-state index contributed by atoms with van der Waals surface area (Å²) in [6.07, 6.45) is 0.243. The Hall–Kier alpha value is -1.71. The molecule has 9 nitrogen and oxygen atoms in total. The molecule has 4 saturated heterocycles. The van der Waals surface area contributed by atoms with Gasteiger partial charge in [0.05, 0.1) is 30.7 Å². The third-order valence-corrected chi connectivity index (χ3v) is 9.41. The van der Waals surface area contributed by atoms with Crippen molar-refractivity contribution < 1.29 is 43.2 Å². The van der Waals surface area contributed by atoms with E-state index in [1.54, 1.807) is 0 Å². The van der Waals surface area contributed by atoms with Crippen LogP contribution in [0.15, 0.2) is 0 Å². The fourth-order valence-corrected chi connectivity index (χ4v) is 7.68. The number of rotatable bonds is 5. The van der Waals surface area contributed by atoms with E-state index in [1.807, 2.05) is 6.92 Å². The third kappa shape index (κ3) is 3.18. The number of carbonyl (C=O) groups excluding carboxylic acids is 3. The van der Waals surface area contributed by atoms with Crippen molar-refractivity contribution in [1.29, 1.82) is 0 Å². The van der Waals surface area contributed by atoms with Crippen LogP contribution in [-0.2, 0) is 38.1 Å². The standard InChI is InChI=1S/C24H34O9/c1-12-18(31-13(2)25)19(32-14(3)26)24-17(9-16(33-21(24)28)10-23(24)11-30-23)22(12,4)7-5-15-6-8-29-20(15)27/h12,15-19,21,28H,5-11H2,1-4H3/t12-,15+,16-,17-,18-,19+,21-,22+,23+,24+/m1/s1. The van der Waals surface area contributed by atoms with Crippen molar-refractivity contribution in [1.82, 2.24) is 0 Å². The van der Waals surface area contributed by atoms with Crippen molar-refractivity contribution in [2.75, 3.05) is 13.2 Å². The normalized spacial score (nSPS) is 50.0. The third-order valence-electron chi connectivity index (χ3n) is 9.41. The Bertz CT molecular complexity index is 853. The lowest BCUT2D eigenvalue weighted by atomic mass is 9.40. The van der Waals surface area contributed by atoms with Crippen molar-refractivity contribution >= 4 is 17.9 Å². The molecule has 0 amide bonds. The van der Waals surface area contributed by atoms with Gasteiger partial charge < -0.3 is 28.8 Å². The minimum atomic E-state index is -1.22. The molecule has 0 radical (unpaired) electrons. The molecule has 6 aliphatic rings. The summed E-state index contributed by atoms with van der Waals surface area (Å²) in [7, 11) is 0. The molecule has 10 atom stereocenters. The largest absolute Gasteiger partial charge is 0.465 e. The Labute approximate surface area is 193 Å². The van der Waals surface area contributed by atoms with Gasteiger partial charge in [-0.05, 0) is 37.0 Å². The van der Waals surface area contributed by atoms with Gasteiger partial charge in [-0.1, -0.05) is 13.8 Å². The first-order valence-electron chi connectivity index (χ1n) is 12.0. The SMILES string of the molecule is CC(=O)O[C@@H]1[C@@H](C)[C@](C)(CC[C@H]2CCOC2=O)[C@H]2C[C@@H]3C[C@]4(CO4)[C@]2([C@H](O)O3)[C@H]1OC(C)=O. The fraction of sp³-hybridized carbons (Fsp3) is 0.875. The van der Waals surface area contributed by atoms with E-state index in [0.29, 0.717) is 45.3 Å². The van der Waals surface area contributed by atoms with Gasteiger partial charge in [0.1, 0.15) is 11.7 Å². The van der Waals surface area contributed by atoms with E-state index in [1.165, 1.54) is 13.8 Å². The minimum absolute atomic E-state index is 0.112. The van der Waals surface area contributed by atoms with Crippen LogP contribution in [0, 0.1) is 28.6 Å². The molecular weight excluding hydrogens is 432 g/mol. The number of hydrogen-bond donors (Lipinski definition) is 1. The number of hydrogen-bond acceptors (Lipinski definition) is 9. The van der Waals surface area contributed by atoms with Gasteiger partial charge in [-0.25, -0.2) is 0 Å². The maximum atomic E-state index is 12.3. The first-order valence-corrected chi connectivity index (χ1v) is 12.0. The zero-order valence-electron chi connectivity index (χ0n) is 19.7. The lowest BCUT2D eigenvalue weighted by molar-refractivity contribution is -0.381. The van der Waals surface area contributed by atoms with Crippen molar-refractivity contribution in [2.24, 2.45) is 28.6 Å². The molecule has 9 heteroatoms. The average molecular weight is 467 g/mol. The molecule has 2 bridgehead atoms. The maximum absolute atomic E-state index is 12.3. The molecule has 33 heavy (non-hydrogen) atoms. The molecule has 4 heterocycles. The predicted molar refractivity (Wildman–Crippen MR) is 111 cm³/mol.